The number of amides is 3. The second-order valence-electron chi connectivity index (χ2n) is 7.07. The third-order valence-electron chi connectivity index (χ3n) is 5.18. The molecule has 1 fully saturated rings. The van der Waals surface area contributed by atoms with Gasteiger partial charge in [0.15, 0.2) is 11.3 Å². The summed E-state index contributed by atoms with van der Waals surface area (Å²) in [4.78, 5) is 39.0. The Morgan fingerprint density at radius 2 is 1.82 bits per heavy atom. The highest BCUT2D eigenvalue weighted by Gasteiger charge is 2.51. The topological polar surface area (TPSA) is 79.6 Å². The number of hydrogen-bond donors (Lipinski definition) is 1. The van der Waals surface area contributed by atoms with E-state index in [2.05, 4.69) is 5.32 Å². The average molecular weight is 376 g/mol. The van der Waals surface area contributed by atoms with Gasteiger partial charge in [-0.3, -0.25) is 14.5 Å². The molecule has 3 aromatic rings. The predicted octanol–water partition coefficient (Wildman–Crippen LogP) is 3.65. The van der Waals surface area contributed by atoms with E-state index >= 15 is 0 Å². The van der Waals surface area contributed by atoms with Crippen LogP contribution in [-0.4, -0.2) is 29.2 Å². The molecular formula is C22H20N2O4. The lowest BCUT2D eigenvalue weighted by atomic mass is 9.98. The lowest BCUT2D eigenvalue weighted by molar-refractivity contribution is -0.131. The van der Waals surface area contributed by atoms with Gasteiger partial charge in [0.2, 0.25) is 0 Å². The van der Waals surface area contributed by atoms with Crippen molar-refractivity contribution in [2.75, 3.05) is 6.54 Å². The van der Waals surface area contributed by atoms with Crippen LogP contribution >= 0.6 is 0 Å². The molecule has 0 saturated carbocycles. The Labute approximate surface area is 162 Å². The van der Waals surface area contributed by atoms with Crippen LogP contribution in [-0.2, 0) is 16.8 Å². The number of aryl methyl sites for hydroxylation is 1. The SMILES string of the molecule is CCc1ccc(C(=O)CN2C(=O)NC(C)(c3cc4ccccc4o3)C2=O)cc1. The van der Waals surface area contributed by atoms with Crippen molar-refractivity contribution >= 4 is 28.7 Å². The van der Waals surface area contributed by atoms with Crippen LogP contribution in [0.15, 0.2) is 59.0 Å². The fourth-order valence-electron chi connectivity index (χ4n) is 3.40. The van der Waals surface area contributed by atoms with Gasteiger partial charge in [0.25, 0.3) is 5.91 Å². The zero-order chi connectivity index (χ0) is 19.9. The first-order valence-electron chi connectivity index (χ1n) is 9.17. The summed E-state index contributed by atoms with van der Waals surface area (Å²) in [6.45, 7) is 3.31. The van der Waals surface area contributed by atoms with E-state index < -0.39 is 17.5 Å². The normalized spacial score (nSPS) is 19.3. The van der Waals surface area contributed by atoms with E-state index in [1.54, 1.807) is 31.2 Å². The molecule has 0 aliphatic carbocycles. The van der Waals surface area contributed by atoms with Crippen molar-refractivity contribution in [2.45, 2.75) is 25.8 Å². The number of Topliss-reactive ketones (excluding diaryl/α,β-unsaturated/α-hetero) is 1. The van der Waals surface area contributed by atoms with E-state index in [0.717, 1.165) is 22.3 Å². The molecule has 1 aliphatic rings. The molecule has 3 amide bonds. The number of imide groups is 1. The van der Waals surface area contributed by atoms with Crippen LogP contribution in [0, 0.1) is 0 Å². The van der Waals surface area contributed by atoms with E-state index in [1.807, 2.05) is 37.3 Å². The number of hydrogen-bond acceptors (Lipinski definition) is 4. The molecule has 1 aromatic heterocycles. The molecule has 2 heterocycles. The molecule has 1 aliphatic heterocycles. The Bertz CT molecular complexity index is 1050. The fourth-order valence-corrected chi connectivity index (χ4v) is 3.40. The Kier molecular flexibility index (Phi) is 4.26. The van der Waals surface area contributed by atoms with Gasteiger partial charge in [0, 0.05) is 10.9 Å². The summed E-state index contributed by atoms with van der Waals surface area (Å²) in [5.41, 5.74) is 0.869. The van der Waals surface area contributed by atoms with Crippen molar-refractivity contribution in [3.8, 4) is 0 Å². The van der Waals surface area contributed by atoms with Crippen molar-refractivity contribution in [3.05, 3.63) is 71.5 Å². The Morgan fingerprint density at radius 3 is 2.50 bits per heavy atom. The van der Waals surface area contributed by atoms with E-state index in [9.17, 15) is 14.4 Å². The van der Waals surface area contributed by atoms with Crippen LogP contribution in [0.5, 0.6) is 0 Å². The van der Waals surface area contributed by atoms with Crippen molar-refractivity contribution in [1.29, 1.82) is 0 Å². The van der Waals surface area contributed by atoms with Crippen molar-refractivity contribution in [3.63, 3.8) is 0 Å². The zero-order valence-electron chi connectivity index (χ0n) is 15.7. The van der Waals surface area contributed by atoms with Gasteiger partial charge in [-0.15, -0.1) is 0 Å². The van der Waals surface area contributed by atoms with Crippen LogP contribution in [0.1, 0.15) is 35.5 Å². The molecular weight excluding hydrogens is 356 g/mol. The number of benzene rings is 2. The third kappa shape index (κ3) is 2.87. The second kappa shape index (κ2) is 6.64. The van der Waals surface area contributed by atoms with Gasteiger partial charge in [0.05, 0.1) is 6.54 Å². The summed E-state index contributed by atoms with van der Waals surface area (Å²) >= 11 is 0. The number of nitrogens with one attached hydrogen (secondary N) is 1. The Morgan fingerprint density at radius 1 is 1.11 bits per heavy atom. The Balaban J connectivity index is 1.58. The molecule has 1 atom stereocenters. The van der Waals surface area contributed by atoms with Gasteiger partial charge in [-0.2, -0.15) is 0 Å². The molecule has 6 nitrogen and oxygen atoms in total. The first-order valence-corrected chi connectivity index (χ1v) is 9.17. The smallest absolute Gasteiger partial charge is 0.325 e. The molecule has 1 N–H and O–H groups in total. The van der Waals surface area contributed by atoms with Gasteiger partial charge >= 0.3 is 6.03 Å². The third-order valence-corrected chi connectivity index (χ3v) is 5.18. The molecule has 142 valence electrons. The number of para-hydroxylation sites is 1. The average Bonchev–Trinajstić information content (AvgIpc) is 3.24. The highest BCUT2D eigenvalue weighted by molar-refractivity contribution is 6.11. The highest BCUT2D eigenvalue weighted by atomic mass is 16.3. The molecule has 1 unspecified atom stereocenters. The summed E-state index contributed by atoms with van der Waals surface area (Å²) in [5.74, 6) is -0.454. The molecule has 0 spiro atoms. The number of rotatable bonds is 5. The van der Waals surface area contributed by atoms with Gasteiger partial charge in [-0.1, -0.05) is 49.4 Å². The maximum atomic E-state index is 13.0. The van der Waals surface area contributed by atoms with Gasteiger partial charge < -0.3 is 9.73 Å². The van der Waals surface area contributed by atoms with Gasteiger partial charge in [-0.25, -0.2) is 4.79 Å². The van der Waals surface area contributed by atoms with Gasteiger partial charge in [0.1, 0.15) is 11.3 Å². The summed E-state index contributed by atoms with van der Waals surface area (Å²) < 4.78 is 5.79. The summed E-state index contributed by atoms with van der Waals surface area (Å²) in [5, 5.41) is 3.51. The molecule has 28 heavy (non-hydrogen) atoms. The number of carbonyl (C=O) groups excluding carboxylic acids is 3. The monoisotopic (exact) mass is 376 g/mol. The van der Waals surface area contributed by atoms with Crippen LogP contribution < -0.4 is 5.32 Å². The maximum absolute atomic E-state index is 13.0. The quantitative estimate of drug-likeness (QED) is 0.545. The van der Waals surface area contributed by atoms with E-state index in [0.29, 0.717) is 16.9 Å². The lowest BCUT2D eigenvalue weighted by Crippen LogP contribution is -2.41. The number of furan rings is 1. The molecule has 1 saturated heterocycles. The number of nitrogens with zero attached hydrogens (tertiary/aromatic N) is 1. The summed E-state index contributed by atoms with van der Waals surface area (Å²) in [6.07, 6.45) is 0.872. The minimum atomic E-state index is -1.34. The van der Waals surface area contributed by atoms with E-state index in [4.69, 9.17) is 4.42 Å². The molecule has 0 bridgehead atoms. The van der Waals surface area contributed by atoms with Crippen LogP contribution in [0.3, 0.4) is 0 Å². The standard InChI is InChI=1S/C22H20N2O4/c1-3-14-8-10-15(11-9-14)17(25)13-24-20(26)22(2,23-21(24)27)19-12-16-6-4-5-7-18(16)28-19/h4-12H,3,13H2,1-2H3,(H,23,27). The van der Waals surface area contributed by atoms with Gasteiger partial charge in [-0.05, 0) is 31.0 Å². The molecule has 0 radical (unpaired) electrons. The minimum Gasteiger partial charge on any atom is -0.458 e. The van der Waals surface area contributed by atoms with E-state index in [-0.39, 0.29) is 12.3 Å². The molecule has 2 aromatic carbocycles. The molecule has 6 heteroatoms. The number of carbonyl (C=O) groups is 3. The van der Waals surface area contributed by atoms with Crippen LogP contribution in [0.25, 0.3) is 11.0 Å². The zero-order valence-corrected chi connectivity index (χ0v) is 15.7. The summed E-state index contributed by atoms with van der Waals surface area (Å²) in [6, 6.07) is 15.7. The highest BCUT2D eigenvalue weighted by Crippen LogP contribution is 2.33. The molecule has 4 rings (SSSR count). The lowest BCUT2D eigenvalue weighted by Gasteiger charge is -2.18. The van der Waals surface area contributed by atoms with Crippen LogP contribution in [0.4, 0.5) is 4.79 Å². The van der Waals surface area contributed by atoms with Crippen molar-refractivity contribution < 1.29 is 18.8 Å². The van der Waals surface area contributed by atoms with E-state index in [1.165, 1.54) is 0 Å². The van der Waals surface area contributed by atoms with Crippen molar-refractivity contribution in [1.82, 2.24) is 10.2 Å². The summed E-state index contributed by atoms with van der Waals surface area (Å²) in [7, 11) is 0. The van der Waals surface area contributed by atoms with Crippen molar-refractivity contribution in [2.24, 2.45) is 0 Å². The number of urea groups is 1. The largest absolute Gasteiger partial charge is 0.458 e. The Hall–Kier alpha value is -3.41. The minimum absolute atomic E-state index is 0.292. The number of ketones is 1. The first-order chi connectivity index (χ1) is 13.4. The predicted molar refractivity (Wildman–Crippen MR) is 104 cm³/mol. The van der Waals surface area contributed by atoms with Crippen LogP contribution in [0.2, 0.25) is 0 Å². The fraction of sp³-hybridized carbons (Fsp3) is 0.227. The maximum Gasteiger partial charge on any atom is 0.325 e. The number of fused-ring (bicyclic) bond motifs is 1. The second-order valence-corrected chi connectivity index (χ2v) is 7.07. The first kappa shape index (κ1) is 18.0.